The summed E-state index contributed by atoms with van der Waals surface area (Å²) in [5, 5.41) is 0.132. The number of aryl methyl sites for hydroxylation is 2. The predicted molar refractivity (Wildman–Crippen MR) is 68.5 cm³/mol. The quantitative estimate of drug-likeness (QED) is 0.845. The molecule has 1 aliphatic rings. The molecule has 2 heterocycles. The molecule has 1 aromatic heterocycles. The van der Waals surface area contributed by atoms with Gasteiger partial charge in [0, 0.05) is 25.8 Å². The number of hydrogen-bond donors (Lipinski definition) is 1. The van der Waals surface area contributed by atoms with E-state index in [4.69, 9.17) is 5.73 Å². The van der Waals surface area contributed by atoms with Gasteiger partial charge in [-0.3, -0.25) is 0 Å². The summed E-state index contributed by atoms with van der Waals surface area (Å²) in [7, 11) is -1.70. The molecule has 18 heavy (non-hydrogen) atoms. The van der Waals surface area contributed by atoms with Gasteiger partial charge in [0.1, 0.15) is 5.82 Å². The highest BCUT2D eigenvalue weighted by Gasteiger charge is 2.38. The Morgan fingerprint density at radius 3 is 2.67 bits per heavy atom. The highest BCUT2D eigenvalue weighted by atomic mass is 32.2. The molecule has 102 valence electrons. The third-order valence-electron chi connectivity index (χ3n) is 3.60. The van der Waals surface area contributed by atoms with E-state index in [9.17, 15) is 8.42 Å². The molecule has 1 fully saturated rings. The summed E-state index contributed by atoms with van der Waals surface area (Å²) in [6.07, 6.45) is 2.38. The Bertz CT molecular complexity index is 518. The molecule has 2 unspecified atom stereocenters. The number of nitrogens with zero attached hydrogens (tertiary/aromatic N) is 3. The van der Waals surface area contributed by atoms with Gasteiger partial charge in [-0.25, -0.2) is 13.4 Å². The van der Waals surface area contributed by atoms with Gasteiger partial charge in [-0.15, -0.1) is 0 Å². The molecule has 0 spiro atoms. The van der Waals surface area contributed by atoms with E-state index in [0.717, 1.165) is 6.42 Å². The van der Waals surface area contributed by atoms with Gasteiger partial charge < -0.3 is 10.3 Å². The van der Waals surface area contributed by atoms with Crippen molar-refractivity contribution in [1.29, 1.82) is 0 Å². The minimum Gasteiger partial charge on any atom is -0.337 e. The Labute approximate surface area is 108 Å². The van der Waals surface area contributed by atoms with Gasteiger partial charge in [-0.1, -0.05) is 0 Å². The van der Waals surface area contributed by atoms with Crippen molar-refractivity contribution in [2.45, 2.75) is 31.3 Å². The van der Waals surface area contributed by atoms with Crippen LogP contribution in [0.5, 0.6) is 0 Å². The second kappa shape index (κ2) is 4.64. The van der Waals surface area contributed by atoms with Crippen LogP contribution in [0.4, 0.5) is 0 Å². The van der Waals surface area contributed by atoms with Crippen molar-refractivity contribution in [3.8, 4) is 0 Å². The molecule has 0 saturated carbocycles. The van der Waals surface area contributed by atoms with Crippen LogP contribution in [0, 0.1) is 12.8 Å². The number of hydrogen-bond acceptors (Lipinski definition) is 4. The molecule has 0 aromatic carbocycles. The van der Waals surface area contributed by atoms with E-state index >= 15 is 0 Å². The summed E-state index contributed by atoms with van der Waals surface area (Å²) >= 11 is 0. The van der Waals surface area contributed by atoms with E-state index in [1.807, 2.05) is 6.92 Å². The lowest BCUT2D eigenvalue weighted by Crippen LogP contribution is -2.34. The van der Waals surface area contributed by atoms with Gasteiger partial charge in [-0.05, 0) is 32.7 Å². The van der Waals surface area contributed by atoms with Crippen LogP contribution in [0.2, 0.25) is 0 Å². The molecule has 0 bridgehead atoms. The van der Waals surface area contributed by atoms with E-state index in [1.54, 1.807) is 24.7 Å². The number of nitrogens with two attached hydrogens (primary N) is 1. The smallest absolute Gasteiger partial charge is 0.262 e. The van der Waals surface area contributed by atoms with Gasteiger partial charge in [0.05, 0.1) is 0 Å². The molecule has 0 amide bonds. The van der Waals surface area contributed by atoms with Crippen LogP contribution >= 0.6 is 0 Å². The molecule has 2 atom stereocenters. The minimum atomic E-state index is -3.49. The molecule has 1 aromatic rings. The maximum Gasteiger partial charge on any atom is 0.262 e. The second-order valence-electron chi connectivity index (χ2n) is 5.00. The zero-order valence-corrected chi connectivity index (χ0v) is 11.8. The highest BCUT2D eigenvalue weighted by molar-refractivity contribution is 7.89. The first kappa shape index (κ1) is 13.5. The zero-order chi connectivity index (χ0) is 13.5. The fourth-order valence-electron chi connectivity index (χ4n) is 2.39. The van der Waals surface area contributed by atoms with Crippen molar-refractivity contribution in [3.05, 3.63) is 12.0 Å². The molecule has 0 radical (unpaired) electrons. The third-order valence-corrected chi connectivity index (χ3v) is 5.45. The van der Waals surface area contributed by atoms with Crippen molar-refractivity contribution in [1.82, 2.24) is 13.9 Å². The lowest BCUT2D eigenvalue weighted by atomic mass is 10.1. The first-order valence-corrected chi connectivity index (χ1v) is 7.52. The van der Waals surface area contributed by atoms with Crippen molar-refractivity contribution in [3.63, 3.8) is 0 Å². The predicted octanol–water partition coefficient (Wildman–Crippen LogP) is 0.0863. The Kier molecular flexibility index (Phi) is 3.48. The molecule has 0 aliphatic carbocycles. The van der Waals surface area contributed by atoms with Crippen LogP contribution in [0.25, 0.3) is 0 Å². The minimum absolute atomic E-state index is 0.00846. The summed E-state index contributed by atoms with van der Waals surface area (Å²) in [5.74, 6) is 0.940. The first-order chi connectivity index (χ1) is 8.36. The normalized spacial score (nSPS) is 25.8. The van der Waals surface area contributed by atoms with Crippen LogP contribution in [-0.2, 0) is 17.1 Å². The first-order valence-electron chi connectivity index (χ1n) is 6.08. The molecular formula is C11H20N4O2S. The number of aromatic nitrogens is 2. The van der Waals surface area contributed by atoms with E-state index < -0.39 is 10.0 Å². The van der Waals surface area contributed by atoms with Gasteiger partial charge >= 0.3 is 0 Å². The van der Waals surface area contributed by atoms with Gasteiger partial charge in [-0.2, -0.15) is 4.31 Å². The van der Waals surface area contributed by atoms with Crippen molar-refractivity contribution in [2.75, 3.05) is 13.1 Å². The monoisotopic (exact) mass is 272 g/mol. The number of sulfonamides is 1. The highest BCUT2D eigenvalue weighted by Crippen LogP contribution is 2.28. The van der Waals surface area contributed by atoms with Crippen molar-refractivity contribution >= 4 is 10.0 Å². The van der Waals surface area contributed by atoms with Crippen molar-refractivity contribution in [2.24, 2.45) is 18.7 Å². The molecule has 2 rings (SSSR count). The lowest BCUT2D eigenvalue weighted by molar-refractivity contribution is 0.403. The summed E-state index contributed by atoms with van der Waals surface area (Å²) < 4.78 is 28.2. The summed E-state index contributed by atoms with van der Waals surface area (Å²) in [4.78, 5) is 4.11. The summed E-state index contributed by atoms with van der Waals surface area (Å²) in [6.45, 7) is 4.73. The number of imidazole rings is 1. The average molecular weight is 272 g/mol. The van der Waals surface area contributed by atoms with Crippen LogP contribution in [0.15, 0.2) is 11.2 Å². The van der Waals surface area contributed by atoms with Crippen LogP contribution in [0.1, 0.15) is 19.2 Å². The molecule has 2 N–H and O–H groups in total. The van der Waals surface area contributed by atoms with Crippen LogP contribution in [0.3, 0.4) is 0 Å². The number of rotatable bonds is 3. The van der Waals surface area contributed by atoms with Crippen molar-refractivity contribution < 1.29 is 8.42 Å². The van der Waals surface area contributed by atoms with Gasteiger partial charge in [0.25, 0.3) is 10.0 Å². The van der Waals surface area contributed by atoms with E-state index in [2.05, 4.69) is 4.98 Å². The topological polar surface area (TPSA) is 81.2 Å². The Morgan fingerprint density at radius 1 is 1.56 bits per heavy atom. The molecule has 1 saturated heterocycles. The van der Waals surface area contributed by atoms with Gasteiger partial charge in [0.15, 0.2) is 5.03 Å². The Hall–Kier alpha value is -0.920. The Morgan fingerprint density at radius 2 is 2.22 bits per heavy atom. The fraction of sp³-hybridized carbons (Fsp3) is 0.727. The summed E-state index contributed by atoms with van der Waals surface area (Å²) in [6, 6.07) is -0.00846. The van der Waals surface area contributed by atoms with E-state index in [-0.39, 0.29) is 17.0 Å². The average Bonchev–Trinajstić information content (AvgIpc) is 2.84. The molecular weight excluding hydrogens is 252 g/mol. The van der Waals surface area contributed by atoms with E-state index in [0.29, 0.717) is 18.9 Å². The maximum absolute atomic E-state index is 12.5. The summed E-state index contributed by atoms with van der Waals surface area (Å²) in [5.41, 5.74) is 5.63. The largest absolute Gasteiger partial charge is 0.337 e. The fourth-order valence-corrected chi connectivity index (χ4v) is 4.13. The maximum atomic E-state index is 12.5. The molecule has 1 aliphatic heterocycles. The lowest BCUT2D eigenvalue weighted by Gasteiger charge is -2.19. The molecule has 7 heteroatoms. The second-order valence-corrected chi connectivity index (χ2v) is 6.84. The standard InChI is InChI=1S/C11H20N4O2S/c1-8-4-10(5-12)6-15(8)18(16,17)11-7-14(3)9(2)13-11/h7-8,10H,4-6,12H2,1-3H3. The van der Waals surface area contributed by atoms with Gasteiger partial charge in [0.2, 0.25) is 0 Å². The zero-order valence-electron chi connectivity index (χ0n) is 11.0. The van der Waals surface area contributed by atoms with Crippen LogP contribution in [-0.4, -0.2) is 41.4 Å². The van der Waals surface area contributed by atoms with Crippen LogP contribution < -0.4 is 5.73 Å². The third kappa shape index (κ3) is 2.17. The Balaban J connectivity index is 2.32. The molecule has 6 nitrogen and oxygen atoms in total. The van der Waals surface area contributed by atoms with E-state index in [1.165, 1.54) is 4.31 Å². The SMILES string of the molecule is Cc1nc(S(=O)(=O)N2CC(CN)CC2C)cn1C.